The summed E-state index contributed by atoms with van der Waals surface area (Å²) in [5, 5.41) is 18.1. The summed E-state index contributed by atoms with van der Waals surface area (Å²) in [5.41, 5.74) is 1.03. The zero-order valence-electron chi connectivity index (χ0n) is 16.0. The van der Waals surface area contributed by atoms with Crippen LogP contribution in [0.25, 0.3) is 10.9 Å². The number of H-pyrrole nitrogens is 1. The molecule has 0 fully saturated rings. The number of aromatic amines is 1. The average Bonchev–Trinajstić information content (AvgIpc) is 3.00. The fourth-order valence-corrected chi connectivity index (χ4v) is 4.10. The number of aromatic hydroxyl groups is 1. The molecule has 0 saturated heterocycles. The maximum Gasteiger partial charge on any atom is 0.287 e. The second-order valence-electron chi connectivity index (χ2n) is 6.34. The van der Waals surface area contributed by atoms with Crippen molar-refractivity contribution >= 4 is 38.2 Å². The minimum absolute atomic E-state index is 0.108. The zero-order valence-corrected chi connectivity index (χ0v) is 16.8. The lowest BCUT2D eigenvalue weighted by Gasteiger charge is -2.26. The van der Waals surface area contributed by atoms with Gasteiger partial charge in [0.1, 0.15) is 11.8 Å². The van der Waals surface area contributed by atoms with E-state index < -0.39 is 22.0 Å². The number of carbonyl (C=O) groups is 1. The van der Waals surface area contributed by atoms with Crippen LogP contribution in [-0.4, -0.2) is 43.8 Å². The summed E-state index contributed by atoms with van der Waals surface area (Å²) in [4.78, 5) is 15.3. The number of aromatic nitrogens is 1. The van der Waals surface area contributed by atoms with E-state index in [2.05, 4.69) is 15.2 Å². The van der Waals surface area contributed by atoms with Crippen molar-refractivity contribution in [1.82, 2.24) is 4.98 Å². The van der Waals surface area contributed by atoms with Gasteiger partial charge in [-0.05, 0) is 37.3 Å². The Kier molecular flexibility index (Phi) is 5.55. The molecule has 0 radical (unpaired) electrons. The number of ether oxygens (including phenoxy) is 1. The lowest BCUT2D eigenvalue weighted by atomic mass is 10.2. The Bertz CT molecular complexity index is 1170. The molecule has 2 aromatic carbocycles. The Morgan fingerprint density at radius 1 is 1.17 bits per heavy atom. The van der Waals surface area contributed by atoms with Crippen molar-refractivity contribution in [2.75, 3.05) is 17.7 Å². The zero-order chi connectivity index (χ0) is 21.2. The standard InChI is InChI=1S/C19H20N4O5S/c1-12(23(29(3,26)27)13-8-10-14(28-2)11-9-13)18(24)22-21-17-15-6-4-5-7-16(15)20-19(17)25/h4-12,20,25H,1-3H3/t12-/m0/s1. The summed E-state index contributed by atoms with van der Waals surface area (Å²) >= 11 is 0. The third-order valence-corrected chi connectivity index (χ3v) is 5.54. The lowest BCUT2D eigenvalue weighted by molar-refractivity contribution is -0.119. The van der Waals surface area contributed by atoms with Gasteiger partial charge >= 0.3 is 0 Å². The van der Waals surface area contributed by atoms with E-state index in [1.54, 1.807) is 36.4 Å². The van der Waals surface area contributed by atoms with E-state index in [0.29, 0.717) is 22.3 Å². The molecule has 0 aliphatic carbocycles. The minimum Gasteiger partial charge on any atom is -0.497 e. The maximum atomic E-state index is 12.6. The Balaban J connectivity index is 1.91. The van der Waals surface area contributed by atoms with Gasteiger partial charge in [0.05, 0.1) is 24.6 Å². The highest BCUT2D eigenvalue weighted by molar-refractivity contribution is 7.92. The van der Waals surface area contributed by atoms with Crippen LogP contribution in [0.3, 0.4) is 0 Å². The van der Waals surface area contributed by atoms with Crippen molar-refractivity contribution in [3.8, 4) is 11.6 Å². The molecular weight excluding hydrogens is 396 g/mol. The lowest BCUT2D eigenvalue weighted by Crippen LogP contribution is -2.42. The van der Waals surface area contributed by atoms with Gasteiger partial charge in [0.15, 0.2) is 5.69 Å². The average molecular weight is 416 g/mol. The third-order valence-electron chi connectivity index (χ3n) is 4.30. The second-order valence-corrected chi connectivity index (χ2v) is 8.20. The van der Waals surface area contributed by atoms with Crippen molar-refractivity contribution in [1.29, 1.82) is 0 Å². The molecule has 1 amide bonds. The molecule has 0 spiro atoms. The number of carbonyl (C=O) groups excluding carboxylic acids is 1. The van der Waals surface area contributed by atoms with Crippen molar-refractivity contribution in [2.24, 2.45) is 10.2 Å². The van der Waals surface area contributed by atoms with Gasteiger partial charge in [-0.3, -0.25) is 9.10 Å². The molecule has 1 atom stereocenters. The fourth-order valence-electron chi connectivity index (χ4n) is 2.93. The van der Waals surface area contributed by atoms with Crippen LogP contribution in [-0.2, 0) is 14.8 Å². The second kappa shape index (κ2) is 7.92. The number of fused-ring (bicyclic) bond motifs is 1. The molecule has 3 rings (SSSR count). The van der Waals surface area contributed by atoms with Gasteiger partial charge < -0.3 is 14.8 Å². The summed E-state index contributed by atoms with van der Waals surface area (Å²) in [6.07, 6.45) is 1.00. The minimum atomic E-state index is -3.78. The molecule has 0 saturated carbocycles. The first-order valence-electron chi connectivity index (χ1n) is 8.61. The molecule has 152 valence electrons. The molecular formula is C19H20N4O5S. The largest absolute Gasteiger partial charge is 0.497 e. The summed E-state index contributed by atoms with van der Waals surface area (Å²) in [7, 11) is -2.29. The number of hydrogen-bond acceptors (Lipinski definition) is 6. The molecule has 9 nitrogen and oxygen atoms in total. The molecule has 3 aromatic rings. The number of sulfonamides is 1. The van der Waals surface area contributed by atoms with Crippen LogP contribution < -0.4 is 9.04 Å². The maximum absolute atomic E-state index is 12.6. The van der Waals surface area contributed by atoms with E-state index in [0.717, 1.165) is 10.6 Å². The van der Waals surface area contributed by atoms with Crippen LogP contribution in [0.5, 0.6) is 11.6 Å². The van der Waals surface area contributed by atoms with Gasteiger partial charge in [-0.1, -0.05) is 18.2 Å². The summed E-state index contributed by atoms with van der Waals surface area (Å²) in [6, 6.07) is 12.1. The van der Waals surface area contributed by atoms with Crippen LogP contribution in [0.4, 0.5) is 11.4 Å². The van der Waals surface area contributed by atoms with Gasteiger partial charge in [0.2, 0.25) is 15.9 Å². The molecule has 29 heavy (non-hydrogen) atoms. The molecule has 0 unspecified atom stereocenters. The summed E-state index contributed by atoms with van der Waals surface area (Å²) in [6.45, 7) is 1.42. The van der Waals surface area contributed by atoms with Crippen LogP contribution in [0.2, 0.25) is 0 Å². The normalized spacial score (nSPS) is 12.9. The highest BCUT2D eigenvalue weighted by atomic mass is 32.2. The smallest absolute Gasteiger partial charge is 0.287 e. The molecule has 1 heterocycles. The number of hydrogen-bond donors (Lipinski definition) is 2. The highest BCUT2D eigenvalue weighted by Gasteiger charge is 2.29. The van der Waals surface area contributed by atoms with Crippen LogP contribution in [0, 0.1) is 0 Å². The highest BCUT2D eigenvalue weighted by Crippen LogP contribution is 2.35. The first kappa shape index (κ1) is 20.3. The van der Waals surface area contributed by atoms with Crippen LogP contribution in [0.1, 0.15) is 6.92 Å². The molecule has 0 bridgehead atoms. The predicted molar refractivity (Wildman–Crippen MR) is 109 cm³/mol. The Labute approximate surface area is 167 Å². The van der Waals surface area contributed by atoms with Gasteiger partial charge in [-0.2, -0.15) is 0 Å². The van der Waals surface area contributed by atoms with E-state index in [-0.39, 0.29) is 11.6 Å². The number of benzene rings is 2. The predicted octanol–water partition coefficient (Wildman–Crippen LogP) is 3.35. The number of nitrogens with one attached hydrogen (secondary N) is 1. The third kappa shape index (κ3) is 4.21. The monoisotopic (exact) mass is 416 g/mol. The van der Waals surface area contributed by atoms with Crippen molar-refractivity contribution in [2.45, 2.75) is 13.0 Å². The van der Waals surface area contributed by atoms with E-state index in [1.807, 2.05) is 0 Å². The van der Waals surface area contributed by atoms with Crippen molar-refractivity contribution in [3.05, 3.63) is 48.5 Å². The number of anilines is 1. The number of amides is 1. The van der Waals surface area contributed by atoms with Crippen LogP contribution >= 0.6 is 0 Å². The van der Waals surface area contributed by atoms with E-state index in [1.165, 1.54) is 26.2 Å². The van der Waals surface area contributed by atoms with E-state index in [9.17, 15) is 18.3 Å². The van der Waals surface area contributed by atoms with Crippen LogP contribution in [0.15, 0.2) is 58.8 Å². The number of azo groups is 1. The molecule has 1 aromatic heterocycles. The van der Waals surface area contributed by atoms with Crippen molar-refractivity contribution in [3.63, 3.8) is 0 Å². The van der Waals surface area contributed by atoms with Gasteiger partial charge in [-0.25, -0.2) is 8.42 Å². The molecule has 2 N–H and O–H groups in total. The molecule has 0 aliphatic rings. The van der Waals surface area contributed by atoms with Gasteiger partial charge in [0.25, 0.3) is 5.91 Å². The number of methoxy groups -OCH3 is 1. The Morgan fingerprint density at radius 3 is 2.45 bits per heavy atom. The summed E-state index contributed by atoms with van der Waals surface area (Å²) in [5.74, 6) is -0.461. The van der Waals surface area contributed by atoms with E-state index >= 15 is 0 Å². The first-order chi connectivity index (χ1) is 13.7. The SMILES string of the molecule is COc1ccc(N([C@@H](C)C(=O)N=Nc2c(O)[nH]c3ccccc23)S(C)(=O)=O)cc1. The van der Waals surface area contributed by atoms with Gasteiger partial charge in [0, 0.05) is 5.39 Å². The Morgan fingerprint density at radius 2 is 1.83 bits per heavy atom. The fraction of sp³-hybridized carbons (Fsp3) is 0.211. The molecule has 10 heteroatoms. The van der Waals surface area contributed by atoms with E-state index in [4.69, 9.17) is 4.74 Å². The topological polar surface area (TPSA) is 124 Å². The quantitative estimate of drug-likeness (QED) is 0.596. The summed E-state index contributed by atoms with van der Waals surface area (Å²) < 4.78 is 30.7. The number of rotatable bonds is 6. The number of para-hydroxylation sites is 1. The van der Waals surface area contributed by atoms with Crippen molar-refractivity contribution < 1.29 is 23.1 Å². The molecule has 0 aliphatic heterocycles. The van der Waals surface area contributed by atoms with Gasteiger partial charge in [-0.15, -0.1) is 10.2 Å². The number of nitrogens with zero attached hydrogens (tertiary/aromatic N) is 3. The Hall–Kier alpha value is -3.40. The first-order valence-corrected chi connectivity index (χ1v) is 10.5.